The molecule has 35 heavy (non-hydrogen) atoms. The Bertz CT molecular complexity index is 936. The number of unbranched alkanes of at least 4 members (excludes halogenated alkanes) is 1. The molecule has 1 amide bonds. The molecule has 1 saturated carbocycles. The van der Waals surface area contributed by atoms with Crippen LogP contribution in [0.25, 0.3) is 0 Å². The number of amides is 1. The van der Waals surface area contributed by atoms with Gasteiger partial charge in [0.25, 0.3) is 5.91 Å². The lowest BCUT2D eigenvalue weighted by atomic mass is 9.69. The van der Waals surface area contributed by atoms with Crippen molar-refractivity contribution in [3.63, 3.8) is 0 Å². The van der Waals surface area contributed by atoms with E-state index in [1.807, 2.05) is 12.1 Å². The molecule has 0 bridgehead atoms. The van der Waals surface area contributed by atoms with Crippen molar-refractivity contribution in [1.82, 2.24) is 9.80 Å². The summed E-state index contributed by atoms with van der Waals surface area (Å²) >= 11 is 0. The van der Waals surface area contributed by atoms with E-state index in [0.29, 0.717) is 38.1 Å². The summed E-state index contributed by atoms with van der Waals surface area (Å²) in [5, 5.41) is 9.38. The first-order valence-electron chi connectivity index (χ1n) is 13.3. The molecule has 1 saturated heterocycles. The standard InChI is InChI=1S/C28H41N3O4/c1-5-6-7-23(20-8-10-21(11-9-20)26(33)34)31-25(32)24(30-16-18-35-19-17-30)29-28(31)14-12-22(13-15-28)27(2,3)4/h8-11,22-23H,5-7,12-19H2,1-4H3,(H,33,34)/t22?,23-,28?/m1/s1. The Morgan fingerprint density at radius 3 is 2.34 bits per heavy atom. The molecule has 1 N–H and O–H groups in total. The molecule has 1 aliphatic carbocycles. The van der Waals surface area contributed by atoms with Crippen LogP contribution in [0.4, 0.5) is 0 Å². The second-order valence-electron chi connectivity index (χ2n) is 11.4. The molecule has 1 spiro atoms. The molecule has 1 atom stereocenters. The van der Waals surface area contributed by atoms with Crippen LogP contribution in [0.2, 0.25) is 0 Å². The Morgan fingerprint density at radius 1 is 1.17 bits per heavy atom. The molecule has 7 heteroatoms. The van der Waals surface area contributed by atoms with Gasteiger partial charge in [0.2, 0.25) is 0 Å². The van der Waals surface area contributed by atoms with Crippen LogP contribution in [0, 0.1) is 11.3 Å². The first-order chi connectivity index (χ1) is 16.7. The van der Waals surface area contributed by atoms with Gasteiger partial charge in [0, 0.05) is 13.1 Å². The van der Waals surface area contributed by atoms with Crippen molar-refractivity contribution < 1.29 is 19.4 Å². The number of morpholine rings is 1. The van der Waals surface area contributed by atoms with E-state index in [9.17, 15) is 14.7 Å². The van der Waals surface area contributed by atoms with Crippen LogP contribution in [-0.2, 0) is 9.53 Å². The van der Waals surface area contributed by atoms with Crippen molar-refractivity contribution in [2.24, 2.45) is 16.3 Å². The Kier molecular flexibility index (Phi) is 7.55. The summed E-state index contributed by atoms with van der Waals surface area (Å²) in [7, 11) is 0. The molecule has 0 aromatic heterocycles. The lowest BCUT2D eigenvalue weighted by Crippen LogP contribution is -2.52. The van der Waals surface area contributed by atoms with Gasteiger partial charge in [-0.25, -0.2) is 9.79 Å². The van der Waals surface area contributed by atoms with Gasteiger partial charge in [0.05, 0.1) is 24.8 Å². The van der Waals surface area contributed by atoms with Crippen molar-refractivity contribution in [3.05, 3.63) is 35.4 Å². The zero-order valence-electron chi connectivity index (χ0n) is 21.8. The molecule has 0 radical (unpaired) electrons. The van der Waals surface area contributed by atoms with Gasteiger partial charge >= 0.3 is 5.97 Å². The maximum Gasteiger partial charge on any atom is 0.335 e. The van der Waals surface area contributed by atoms with Gasteiger partial charge in [0.15, 0.2) is 5.84 Å². The lowest BCUT2D eigenvalue weighted by Gasteiger charge is -2.47. The van der Waals surface area contributed by atoms with Crippen molar-refractivity contribution in [2.75, 3.05) is 26.3 Å². The molecular formula is C28H41N3O4. The number of ether oxygens (including phenoxy) is 1. The van der Waals surface area contributed by atoms with E-state index < -0.39 is 11.6 Å². The van der Waals surface area contributed by atoms with Gasteiger partial charge in [0.1, 0.15) is 5.66 Å². The van der Waals surface area contributed by atoms with E-state index in [4.69, 9.17) is 9.73 Å². The third kappa shape index (κ3) is 5.25. The quantitative estimate of drug-likeness (QED) is 0.607. The largest absolute Gasteiger partial charge is 0.478 e. The Hall–Kier alpha value is -2.41. The summed E-state index contributed by atoms with van der Waals surface area (Å²) in [6.45, 7) is 11.7. The number of carboxylic acid groups (broad SMARTS) is 1. The van der Waals surface area contributed by atoms with Gasteiger partial charge in [-0.15, -0.1) is 0 Å². The number of rotatable bonds is 6. The minimum atomic E-state index is -0.936. The van der Waals surface area contributed by atoms with Crippen molar-refractivity contribution in [3.8, 4) is 0 Å². The fourth-order valence-electron chi connectivity index (χ4n) is 6.00. The van der Waals surface area contributed by atoms with Gasteiger partial charge in [-0.1, -0.05) is 52.7 Å². The number of hydrogen-bond acceptors (Lipinski definition) is 5. The van der Waals surface area contributed by atoms with Crippen LogP contribution in [0.15, 0.2) is 29.3 Å². The molecule has 2 heterocycles. The summed E-state index contributed by atoms with van der Waals surface area (Å²) in [6, 6.07) is 6.96. The molecule has 2 aliphatic heterocycles. The number of benzene rings is 1. The van der Waals surface area contributed by atoms with E-state index in [2.05, 4.69) is 37.5 Å². The van der Waals surface area contributed by atoms with Crippen LogP contribution in [-0.4, -0.2) is 64.6 Å². The van der Waals surface area contributed by atoms with Crippen molar-refractivity contribution in [1.29, 1.82) is 0 Å². The summed E-state index contributed by atoms with van der Waals surface area (Å²) < 4.78 is 5.54. The Labute approximate surface area is 209 Å². The predicted octanol–water partition coefficient (Wildman–Crippen LogP) is 5.12. The fourth-order valence-corrected chi connectivity index (χ4v) is 6.00. The summed E-state index contributed by atoms with van der Waals surface area (Å²) in [6.07, 6.45) is 6.68. The van der Waals surface area contributed by atoms with Gasteiger partial charge in [-0.2, -0.15) is 0 Å². The smallest absolute Gasteiger partial charge is 0.335 e. The molecule has 1 aromatic carbocycles. The topological polar surface area (TPSA) is 82.4 Å². The zero-order chi connectivity index (χ0) is 25.2. The number of amidine groups is 1. The van der Waals surface area contributed by atoms with Crippen molar-refractivity contribution in [2.45, 2.75) is 84.3 Å². The molecule has 7 nitrogen and oxygen atoms in total. The molecule has 4 rings (SSSR count). The highest BCUT2D eigenvalue weighted by molar-refractivity contribution is 6.39. The zero-order valence-corrected chi connectivity index (χ0v) is 21.8. The maximum atomic E-state index is 14.1. The summed E-state index contributed by atoms with van der Waals surface area (Å²) in [4.78, 5) is 35.0. The van der Waals surface area contributed by atoms with E-state index in [-0.39, 0.29) is 22.9 Å². The number of aliphatic imine (C=N–C) groups is 1. The predicted molar refractivity (Wildman–Crippen MR) is 136 cm³/mol. The number of hydrogen-bond donors (Lipinski definition) is 1. The van der Waals surface area contributed by atoms with Crippen LogP contribution in [0.5, 0.6) is 0 Å². The van der Waals surface area contributed by atoms with Crippen molar-refractivity contribution >= 4 is 17.7 Å². The fraction of sp³-hybridized carbons (Fsp3) is 0.679. The van der Waals surface area contributed by atoms with Crippen LogP contribution < -0.4 is 0 Å². The average Bonchev–Trinajstić information content (AvgIpc) is 3.11. The van der Waals surface area contributed by atoms with E-state index >= 15 is 0 Å². The first-order valence-corrected chi connectivity index (χ1v) is 13.3. The number of carbonyl (C=O) groups is 2. The minimum absolute atomic E-state index is 0.0181. The Balaban J connectivity index is 1.71. The highest BCUT2D eigenvalue weighted by atomic mass is 16.5. The maximum absolute atomic E-state index is 14.1. The first kappa shape index (κ1) is 25.7. The summed E-state index contributed by atoms with van der Waals surface area (Å²) in [5.41, 5.74) is 0.963. The van der Waals surface area contributed by atoms with Crippen LogP contribution in [0.3, 0.4) is 0 Å². The minimum Gasteiger partial charge on any atom is -0.478 e. The Morgan fingerprint density at radius 2 is 1.80 bits per heavy atom. The normalized spacial score (nSPS) is 26.2. The second-order valence-corrected chi connectivity index (χ2v) is 11.4. The highest BCUT2D eigenvalue weighted by Gasteiger charge is 2.53. The molecular weight excluding hydrogens is 442 g/mol. The van der Waals surface area contributed by atoms with E-state index in [1.165, 1.54) is 0 Å². The third-order valence-electron chi connectivity index (χ3n) is 8.18. The highest BCUT2D eigenvalue weighted by Crippen LogP contribution is 2.49. The van der Waals surface area contributed by atoms with E-state index in [0.717, 1.165) is 50.5 Å². The molecule has 192 valence electrons. The molecule has 0 unspecified atom stereocenters. The van der Waals surface area contributed by atoms with Crippen LogP contribution >= 0.6 is 0 Å². The summed E-state index contributed by atoms with van der Waals surface area (Å²) in [5.74, 6) is 0.279. The monoisotopic (exact) mass is 483 g/mol. The third-order valence-corrected chi connectivity index (χ3v) is 8.18. The molecule has 2 fully saturated rings. The number of carbonyl (C=O) groups excluding carboxylic acids is 1. The average molecular weight is 484 g/mol. The second kappa shape index (κ2) is 10.3. The lowest BCUT2D eigenvalue weighted by molar-refractivity contribution is -0.134. The van der Waals surface area contributed by atoms with Crippen LogP contribution in [0.1, 0.15) is 94.6 Å². The SMILES string of the molecule is CCCC[C@H](c1ccc(C(=O)O)cc1)N1C(=O)C(N2CCOCC2)=NC12CCC(C(C)(C)C)CC2. The van der Waals surface area contributed by atoms with Gasteiger partial charge in [-0.05, 0) is 61.1 Å². The molecule has 1 aromatic rings. The number of nitrogens with zero attached hydrogens (tertiary/aromatic N) is 3. The van der Waals surface area contributed by atoms with E-state index in [1.54, 1.807) is 12.1 Å². The van der Waals surface area contributed by atoms with Gasteiger partial charge < -0.3 is 19.6 Å². The molecule has 3 aliphatic rings. The number of carboxylic acids is 1. The number of aromatic carboxylic acids is 1. The van der Waals surface area contributed by atoms with Gasteiger partial charge in [-0.3, -0.25) is 4.79 Å².